The van der Waals surface area contributed by atoms with E-state index in [0.717, 1.165) is 21.9 Å². The summed E-state index contributed by atoms with van der Waals surface area (Å²) >= 11 is 0. The lowest BCUT2D eigenvalue weighted by Crippen LogP contribution is -2.40. The number of hydrogen-bond donors (Lipinski definition) is 2. The highest BCUT2D eigenvalue weighted by Gasteiger charge is 2.21. The zero-order chi connectivity index (χ0) is 21.7. The molecule has 0 saturated heterocycles. The first-order valence-electron chi connectivity index (χ1n) is 9.78. The molecule has 0 aliphatic carbocycles. The molecule has 0 fully saturated rings. The van der Waals surface area contributed by atoms with Crippen molar-refractivity contribution < 1.29 is 14.3 Å². The molecule has 0 aliphatic rings. The summed E-state index contributed by atoms with van der Waals surface area (Å²) < 4.78 is 5.26. The summed E-state index contributed by atoms with van der Waals surface area (Å²) in [7, 11) is 5.43. The van der Waals surface area contributed by atoms with Crippen LogP contribution in [0.15, 0.2) is 60.7 Å². The number of nitrogens with one attached hydrogen (secondary N) is 2. The van der Waals surface area contributed by atoms with Crippen molar-refractivity contribution in [3.05, 3.63) is 71.8 Å². The quantitative estimate of drug-likeness (QED) is 0.616. The summed E-state index contributed by atoms with van der Waals surface area (Å²) in [6, 6.07) is 19.6. The molecule has 0 heterocycles. The van der Waals surface area contributed by atoms with Crippen LogP contribution in [-0.4, -0.2) is 44.5 Å². The lowest BCUT2D eigenvalue weighted by atomic mass is 9.98. The number of fused-ring (bicyclic) bond motifs is 1. The van der Waals surface area contributed by atoms with Gasteiger partial charge < -0.3 is 20.3 Å². The summed E-state index contributed by atoms with van der Waals surface area (Å²) in [4.78, 5) is 26.9. The minimum atomic E-state index is -0.727. The van der Waals surface area contributed by atoms with Crippen LogP contribution in [0.2, 0.25) is 0 Å². The molecule has 0 saturated carbocycles. The van der Waals surface area contributed by atoms with Gasteiger partial charge in [-0.05, 0) is 55.1 Å². The second-order valence-corrected chi connectivity index (χ2v) is 7.42. The number of likely N-dealkylation sites (N-methyl/N-ethyl adjacent to an activating group) is 1. The molecule has 3 rings (SSSR count). The van der Waals surface area contributed by atoms with Gasteiger partial charge in [-0.3, -0.25) is 9.59 Å². The number of ether oxygens (including phenoxy) is 1. The number of benzene rings is 3. The van der Waals surface area contributed by atoms with Gasteiger partial charge in [-0.15, -0.1) is 0 Å². The molecule has 1 atom stereocenters. The SMILES string of the molecule is COc1ccc(C)cc1NC(=O)C(=O)NC[C@@H](c1cccc2ccccc12)N(C)C. The van der Waals surface area contributed by atoms with Crippen molar-refractivity contribution in [2.45, 2.75) is 13.0 Å². The Morgan fingerprint density at radius 3 is 2.47 bits per heavy atom. The normalized spacial score (nSPS) is 11.9. The van der Waals surface area contributed by atoms with Crippen LogP contribution in [-0.2, 0) is 9.59 Å². The number of amides is 2. The maximum absolute atomic E-state index is 12.5. The van der Waals surface area contributed by atoms with E-state index in [-0.39, 0.29) is 6.04 Å². The highest BCUT2D eigenvalue weighted by Crippen LogP contribution is 2.27. The second-order valence-electron chi connectivity index (χ2n) is 7.42. The van der Waals surface area contributed by atoms with Gasteiger partial charge in [0, 0.05) is 6.54 Å². The largest absolute Gasteiger partial charge is 0.495 e. The maximum atomic E-state index is 12.5. The molecule has 0 aromatic heterocycles. The Labute approximate surface area is 176 Å². The molecule has 0 spiro atoms. The minimum absolute atomic E-state index is 0.0821. The fourth-order valence-electron chi connectivity index (χ4n) is 3.48. The van der Waals surface area contributed by atoms with Gasteiger partial charge in [0.1, 0.15) is 5.75 Å². The van der Waals surface area contributed by atoms with Crippen LogP contribution >= 0.6 is 0 Å². The zero-order valence-corrected chi connectivity index (χ0v) is 17.7. The van der Waals surface area contributed by atoms with Gasteiger partial charge in [0.2, 0.25) is 0 Å². The summed E-state index contributed by atoms with van der Waals surface area (Å²) in [6.07, 6.45) is 0. The third-order valence-electron chi connectivity index (χ3n) is 5.07. The van der Waals surface area contributed by atoms with E-state index in [1.54, 1.807) is 12.1 Å². The average Bonchev–Trinajstić information content (AvgIpc) is 2.73. The van der Waals surface area contributed by atoms with Crippen LogP contribution in [0.3, 0.4) is 0 Å². The predicted molar refractivity (Wildman–Crippen MR) is 120 cm³/mol. The van der Waals surface area contributed by atoms with Gasteiger partial charge in [-0.2, -0.15) is 0 Å². The van der Waals surface area contributed by atoms with Gasteiger partial charge in [-0.1, -0.05) is 48.5 Å². The van der Waals surface area contributed by atoms with Crippen molar-refractivity contribution in [3.63, 3.8) is 0 Å². The van der Waals surface area contributed by atoms with Crippen molar-refractivity contribution in [3.8, 4) is 5.75 Å². The third-order valence-corrected chi connectivity index (χ3v) is 5.07. The monoisotopic (exact) mass is 405 g/mol. The highest BCUT2D eigenvalue weighted by molar-refractivity contribution is 6.39. The predicted octanol–water partition coefficient (Wildman–Crippen LogP) is 3.51. The summed E-state index contributed by atoms with van der Waals surface area (Å²) in [5.41, 5.74) is 2.52. The van der Waals surface area contributed by atoms with Crippen LogP contribution in [0.25, 0.3) is 10.8 Å². The minimum Gasteiger partial charge on any atom is -0.495 e. The van der Waals surface area contributed by atoms with E-state index in [9.17, 15) is 9.59 Å². The van der Waals surface area contributed by atoms with E-state index in [0.29, 0.717) is 18.0 Å². The van der Waals surface area contributed by atoms with E-state index in [1.165, 1.54) is 7.11 Å². The van der Waals surface area contributed by atoms with Gasteiger partial charge in [0.15, 0.2) is 0 Å². The number of rotatable bonds is 6. The Balaban J connectivity index is 1.73. The topological polar surface area (TPSA) is 70.7 Å². The lowest BCUT2D eigenvalue weighted by molar-refractivity contribution is -0.136. The first-order valence-corrected chi connectivity index (χ1v) is 9.78. The van der Waals surface area contributed by atoms with Gasteiger partial charge >= 0.3 is 11.8 Å². The Morgan fingerprint density at radius 1 is 1.00 bits per heavy atom. The molecule has 0 bridgehead atoms. The number of nitrogens with zero attached hydrogens (tertiary/aromatic N) is 1. The van der Waals surface area contributed by atoms with Crippen molar-refractivity contribution >= 4 is 28.3 Å². The van der Waals surface area contributed by atoms with Crippen molar-refractivity contribution in [1.82, 2.24) is 10.2 Å². The van der Waals surface area contributed by atoms with Crippen LogP contribution in [0, 0.1) is 6.92 Å². The smallest absolute Gasteiger partial charge is 0.313 e. The fraction of sp³-hybridized carbons (Fsp3) is 0.250. The van der Waals surface area contributed by atoms with Crippen molar-refractivity contribution in [2.24, 2.45) is 0 Å². The summed E-state index contributed by atoms with van der Waals surface area (Å²) in [5, 5.41) is 7.66. The Hall–Kier alpha value is -3.38. The van der Waals surface area contributed by atoms with E-state index in [4.69, 9.17) is 4.74 Å². The number of hydrogen-bond acceptors (Lipinski definition) is 4. The van der Waals surface area contributed by atoms with E-state index >= 15 is 0 Å². The van der Waals surface area contributed by atoms with Crippen LogP contribution in [0.4, 0.5) is 5.69 Å². The fourth-order valence-corrected chi connectivity index (χ4v) is 3.48. The van der Waals surface area contributed by atoms with Gasteiger partial charge in [0.05, 0.1) is 18.8 Å². The van der Waals surface area contributed by atoms with Crippen LogP contribution < -0.4 is 15.4 Å². The van der Waals surface area contributed by atoms with E-state index < -0.39 is 11.8 Å². The zero-order valence-electron chi connectivity index (χ0n) is 17.7. The summed E-state index contributed by atoms with van der Waals surface area (Å²) in [6.45, 7) is 2.21. The molecule has 3 aromatic carbocycles. The van der Waals surface area contributed by atoms with Crippen LogP contribution in [0.1, 0.15) is 17.2 Å². The van der Waals surface area contributed by atoms with E-state index in [2.05, 4.69) is 34.9 Å². The Bertz CT molecular complexity index is 1060. The van der Waals surface area contributed by atoms with Gasteiger partial charge in [-0.25, -0.2) is 0 Å². The molecular formula is C24H27N3O3. The number of carbonyl (C=O) groups excluding carboxylic acids is 2. The van der Waals surface area contributed by atoms with E-state index in [1.807, 2.05) is 50.2 Å². The highest BCUT2D eigenvalue weighted by atomic mass is 16.5. The molecule has 2 N–H and O–H groups in total. The number of methoxy groups -OCH3 is 1. The number of carbonyl (C=O) groups is 2. The molecule has 30 heavy (non-hydrogen) atoms. The molecule has 0 aliphatic heterocycles. The van der Waals surface area contributed by atoms with Crippen molar-refractivity contribution in [2.75, 3.05) is 33.1 Å². The molecule has 6 heteroatoms. The Morgan fingerprint density at radius 2 is 1.73 bits per heavy atom. The second kappa shape index (κ2) is 9.41. The molecule has 6 nitrogen and oxygen atoms in total. The Kier molecular flexibility index (Phi) is 6.69. The first kappa shape index (κ1) is 21.3. The third kappa shape index (κ3) is 4.78. The number of anilines is 1. The molecule has 0 unspecified atom stereocenters. The average molecular weight is 405 g/mol. The number of aryl methyl sites for hydroxylation is 1. The molecule has 3 aromatic rings. The lowest BCUT2D eigenvalue weighted by Gasteiger charge is -2.26. The first-order chi connectivity index (χ1) is 14.4. The molecular weight excluding hydrogens is 378 g/mol. The van der Waals surface area contributed by atoms with Gasteiger partial charge in [0.25, 0.3) is 0 Å². The molecule has 2 amide bonds. The summed E-state index contributed by atoms with van der Waals surface area (Å²) in [5.74, 6) is -0.913. The van der Waals surface area contributed by atoms with Crippen LogP contribution in [0.5, 0.6) is 5.75 Å². The maximum Gasteiger partial charge on any atom is 0.313 e. The standard InChI is InChI=1S/C24H27N3O3/c1-16-12-13-22(30-4)20(14-16)26-24(29)23(28)25-15-21(27(2)3)19-11-7-9-17-8-5-6-10-18(17)19/h5-14,21H,15H2,1-4H3,(H,25,28)(H,26,29)/t21-/m0/s1. The molecule has 156 valence electrons. The van der Waals surface area contributed by atoms with Crippen molar-refractivity contribution in [1.29, 1.82) is 0 Å². The molecule has 0 radical (unpaired) electrons.